The van der Waals surface area contributed by atoms with Crippen molar-refractivity contribution >= 4 is 34.5 Å². The van der Waals surface area contributed by atoms with E-state index in [1.54, 1.807) is 6.07 Å². The van der Waals surface area contributed by atoms with Gasteiger partial charge in [0.15, 0.2) is 5.58 Å². The number of hydrogen-bond donors (Lipinski definition) is 0. The van der Waals surface area contributed by atoms with Crippen molar-refractivity contribution in [3.05, 3.63) is 53.6 Å². The Morgan fingerprint density at radius 1 is 0.864 bits per heavy atom. The molecular formula is C15H8ClN3O2S. The molecule has 22 heavy (non-hydrogen) atoms. The number of halogens is 1. The summed E-state index contributed by atoms with van der Waals surface area (Å²) >= 11 is 7.29. The van der Waals surface area contributed by atoms with Gasteiger partial charge < -0.3 is 8.83 Å². The largest absolute Gasteiger partial charge is 0.431 e. The Morgan fingerprint density at radius 2 is 1.68 bits per heavy atom. The lowest BCUT2D eigenvalue weighted by molar-refractivity contribution is 0.452. The second-order valence-corrected chi connectivity index (χ2v) is 5.71. The molecule has 0 aliphatic carbocycles. The van der Waals surface area contributed by atoms with Crippen LogP contribution in [0.3, 0.4) is 0 Å². The van der Waals surface area contributed by atoms with Crippen molar-refractivity contribution < 1.29 is 8.83 Å². The predicted molar refractivity (Wildman–Crippen MR) is 82.9 cm³/mol. The van der Waals surface area contributed by atoms with Crippen molar-refractivity contribution in [1.29, 1.82) is 0 Å². The summed E-state index contributed by atoms with van der Waals surface area (Å²) in [4.78, 5) is 4.35. The van der Waals surface area contributed by atoms with E-state index in [1.807, 2.05) is 42.5 Å². The molecule has 0 aliphatic rings. The molecule has 4 aromatic rings. The summed E-state index contributed by atoms with van der Waals surface area (Å²) in [6.45, 7) is 0. The minimum atomic E-state index is 0.349. The monoisotopic (exact) mass is 329 g/mol. The zero-order chi connectivity index (χ0) is 14.9. The highest BCUT2D eigenvalue weighted by molar-refractivity contribution is 7.98. The van der Waals surface area contributed by atoms with E-state index in [0.717, 1.165) is 11.1 Å². The molecule has 0 saturated carbocycles. The van der Waals surface area contributed by atoms with Crippen LogP contribution in [0.15, 0.2) is 67.8 Å². The Bertz CT molecular complexity index is 918. The normalized spacial score (nSPS) is 11.1. The molecule has 0 aliphatic heterocycles. The van der Waals surface area contributed by atoms with Crippen LogP contribution in [-0.4, -0.2) is 15.2 Å². The highest BCUT2D eigenvalue weighted by Gasteiger charge is 2.15. The highest BCUT2D eigenvalue weighted by Crippen LogP contribution is 2.32. The number of fused-ring (bicyclic) bond motifs is 1. The number of benzene rings is 2. The van der Waals surface area contributed by atoms with Gasteiger partial charge in [-0.15, -0.1) is 10.2 Å². The lowest BCUT2D eigenvalue weighted by Gasteiger charge is -1.96. The number of rotatable bonds is 3. The summed E-state index contributed by atoms with van der Waals surface area (Å²) in [6.07, 6.45) is 0. The van der Waals surface area contributed by atoms with Crippen LogP contribution in [0, 0.1) is 0 Å². The van der Waals surface area contributed by atoms with Gasteiger partial charge in [0.1, 0.15) is 5.52 Å². The Balaban J connectivity index is 1.63. The van der Waals surface area contributed by atoms with E-state index in [4.69, 9.17) is 20.4 Å². The number of para-hydroxylation sites is 2. The van der Waals surface area contributed by atoms with Gasteiger partial charge in [-0.2, -0.15) is 0 Å². The Hall–Kier alpha value is -2.31. The highest BCUT2D eigenvalue weighted by atomic mass is 35.5. The minimum Gasteiger partial charge on any atom is -0.431 e. The summed E-state index contributed by atoms with van der Waals surface area (Å²) in [7, 11) is 0. The third kappa shape index (κ3) is 2.47. The SMILES string of the molecule is Clc1ccccc1-c1nnc(Sc2nc3ccccc3o2)o1. The quantitative estimate of drug-likeness (QED) is 0.543. The van der Waals surface area contributed by atoms with Crippen molar-refractivity contribution in [3.8, 4) is 11.5 Å². The van der Waals surface area contributed by atoms with Crippen LogP contribution < -0.4 is 0 Å². The molecule has 4 rings (SSSR count). The molecule has 0 unspecified atom stereocenters. The maximum absolute atomic E-state index is 6.12. The second kappa shape index (κ2) is 5.47. The first-order chi connectivity index (χ1) is 10.8. The maximum Gasteiger partial charge on any atom is 0.286 e. The van der Waals surface area contributed by atoms with Gasteiger partial charge in [-0.05, 0) is 24.3 Å². The van der Waals surface area contributed by atoms with Crippen molar-refractivity contribution in [1.82, 2.24) is 15.2 Å². The van der Waals surface area contributed by atoms with Gasteiger partial charge in [0.2, 0.25) is 5.89 Å². The van der Waals surface area contributed by atoms with Gasteiger partial charge in [0, 0.05) is 11.8 Å². The van der Waals surface area contributed by atoms with E-state index < -0.39 is 0 Å². The van der Waals surface area contributed by atoms with E-state index in [1.165, 1.54) is 11.8 Å². The number of hydrogen-bond acceptors (Lipinski definition) is 6. The second-order valence-electron chi connectivity index (χ2n) is 4.40. The average Bonchev–Trinajstić information content (AvgIpc) is 3.14. The lowest BCUT2D eigenvalue weighted by Crippen LogP contribution is -1.78. The van der Waals surface area contributed by atoms with Crippen molar-refractivity contribution in [2.75, 3.05) is 0 Å². The summed E-state index contributed by atoms with van der Waals surface area (Å²) in [5.41, 5.74) is 2.20. The molecule has 0 radical (unpaired) electrons. The molecule has 7 heteroatoms. The summed E-state index contributed by atoms with van der Waals surface area (Å²) in [5.74, 6) is 0.365. The molecule has 0 fully saturated rings. The van der Waals surface area contributed by atoms with Gasteiger partial charge in [0.25, 0.3) is 10.4 Å². The molecule has 0 amide bonds. The molecule has 2 aromatic heterocycles. The first-order valence-electron chi connectivity index (χ1n) is 6.41. The third-order valence-electron chi connectivity index (χ3n) is 2.96. The van der Waals surface area contributed by atoms with E-state index in [-0.39, 0.29) is 0 Å². The van der Waals surface area contributed by atoms with E-state index in [0.29, 0.717) is 26.9 Å². The number of aromatic nitrogens is 3. The summed E-state index contributed by atoms with van der Waals surface area (Å²) in [5, 5.41) is 9.36. The Morgan fingerprint density at radius 3 is 2.55 bits per heavy atom. The van der Waals surface area contributed by atoms with Crippen molar-refractivity contribution in [2.24, 2.45) is 0 Å². The molecule has 0 N–H and O–H groups in total. The zero-order valence-corrected chi connectivity index (χ0v) is 12.6. The first kappa shape index (κ1) is 13.4. The smallest absolute Gasteiger partial charge is 0.286 e. The molecule has 5 nitrogen and oxygen atoms in total. The molecule has 0 atom stereocenters. The van der Waals surface area contributed by atoms with Gasteiger partial charge in [0.05, 0.1) is 10.6 Å². The van der Waals surface area contributed by atoms with Gasteiger partial charge in [-0.1, -0.05) is 35.9 Å². The van der Waals surface area contributed by atoms with Crippen LogP contribution in [-0.2, 0) is 0 Å². The van der Waals surface area contributed by atoms with Crippen LogP contribution in [0.4, 0.5) is 0 Å². The van der Waals surface area contributed by atoms with Crippen molar-refractivity contribution in [2.45, 2.75) is 10.4 Å². The standard InChI is InChI=1S/C15H8ClN3O2S/c16-10-6-2-1-5-9(10)13-18-19-15(21-13)22-14-17-11-7-3-4-8-12(11)20-14/h1-8H. The van der Waals surface area contributed by atoms with Crippen LogP contribution in [0.1, 0.15) is 0 Å². The predicted octanol–water partition coefficient (Wildman–Crippen LogP) is 4.68. The lowest BCUT2D eigenvalue weighted by atomic mass is 10.2. The number of nitrogens with zero attached hydrogens (tertiary/aromatic N) is 3. The molecule has 2 heterocycles. The molecule has 2 aromatic carbocycles. The molecule has 0 bridgehead atoms. The van der Waals surface area contributed by atoms with Crippen LogP contribution in [0.2, 0.25) is 5.02 Å². The first-order valence-corrected chi connectivity index (χ1v) is 7.61. The van der Waals surface area contributed by atoms with Gasteiger partial charge >= 0.3 is 0 Å². The Labute approximate surface area is 134 Å². The van der Waals surface area contributed by atoms with E-state index >= 15 is 0 Å². The fraction of sp³-hybridized carbons (Fsp3) is 0. The summed E-state index contributed by atoms with van der Waals surface area (Å²) < 4.78 is 11.2. The van der Waals surface area contributed by atoms with Crippen LogP contribution in [0.25, 0.3) is 22.6 Å². The van der Waals surface area contributed by atoms with E-state index in [9.17, 15) is 0 Å². The topological polar surface area (TPSA) is 65.0 Å². The van der Waals surface area contributed by atoms with Crippen LogP contribution >= 0.6 is 23.4 Å². The molecule has 0 saturated heterocycles. The molecule has 0 spiro atoms. The fourth-order valence-corrected chi connectivity index (χ4v) is 2.81. The maximum atomic E-state index is 6.12. The fourth-order valence-electron chi connectivity index (χ4n) is 1.96. The average molecular weight is 330 g/mol. The molecule has 108 valence electrons. The summed E-state index contributed by atoms with van der Waals surface area (Å²) in [6, 6.07) is 14.8. The van der Waals surface area contributed by atoms with E-state index in [2.05, 4.69) is 15.2 Å². The molecular weight excluding hydrogens is 322 g/mol. The zero-order valence-electron chi connectivity index (χ0n) is 11.1. The minimum absolute atomic E-state index is 0.349. The van der Waals surface area contributed by atoms with Crippen molar-refractivity contribution in [3.63, 3.8) is 0 Å². The number of oxazole rings is 1. The van der Waals surface area contributed by atoms with Crippen LogP contribution in [0.5, 0.6) is 0 Å². The van der Waals surface area contributed by atoms with Gasteiger partial charge in [-0.3, -0.25) is 0 Å². The van der Waals surface area contributed by atoms with Gasteiger partial charge in [-0.25, -0.2) is 4.98 Å². The third-order valence-corrected chi connectivity index (χ3v) is 3.98. The Kier molecular flexibility index (Phi) is 3.32.